The zero-order chi connectivity index (χ0) is 13.1. The van der Waals surface area contributed by atoms with Crippen LogP contribution in [0.1, 0.15) is 21.9 Å². The lowest BCUT2D eigenvalue weighted by Crippen LogP contribution is -2.02. The van der Waals surface area contributed by atoms with E-state index in [1.54, 1.807) is 6.07 Å². The Bertz CT molecular complexity index is 580. The molecular formula is C12H11ClN2O3. The fraction of sp³-hybridized carbons (Fsp3) is 0.167. The monoisotopic (exact) mass is 266 g/mol. The number of halogens is 1. The van der Waals surface area contributed by atoms with Gasteiger partial charge < -0.3 is 14.8 Å². The van der Waals surface area contributed by atoms with Crippen LogP contribution in [0, 0.1) is 6.92 Å². The molecule has 0 radical (unpaired) electrons. The molecule has 1 heterocycles. The Morgan fingerprint density at radius 3 is 2.94 bits per heavy atom. The molecule has 0 bridgehead atoms. The predicted molar refractivity (Wildman–Crippen MR) is 67.0 cm³/mol. The van der Waals surface area contributed by atoms with E-state index in [4.69, 9.17) is 21.1 Å². The standard InChI is InChI=1S/C12H11ClN2O3/c1-7-4-8(13)2-3-9(7)14-5-11-15-10(6-18-11)12(16)17/h2-4,6,14H,5H2,1H3,(H,16,17). The Kier molecular flexibility index (Phi) is 3.53. The van der Waals surface area contributed by atoms with Crippen LogP contribution in [0.5, 0.6) is 0 Å². The first-order valence-electron chi connectivity index (χ1n) is 5.24. The Balaban J connectivity index is 2.04. The Hall–Kier alpha value is -2.01. The van der Waals surface area contributed by atoms with Crippen LogP contribution in [-0.2, 0) is 6.54 Å². The molecule has 0 saturated carbocycles. The van der Waals surface area contributed by atoms with Crippen molar-refractivity contribution in [3.63, 3.8) is 0 Å². The number of aromatic carboxylic acids is 1. The molecule has 18 heavy (non-hydrogen) atoms. The molecule has 0 fully saturated rings. The average molecular weight is 267 g/mol. The largest absolute Gasteiger partial charge is 0.476 e. The number of benzene rings is 1. The number of aromatic nitrogens is 1. The molecule has 2 aromatic rings. The Labute approximate surface area is 108 Å². The van der Waals surface area contributed by atoms with Crippen LogP contribution in [0.15, 0.2) is 28.9 Å². The van der Waals surface area contributed by atoms with Crippen molar-refractivity contribution in [2.75, 3.05) is 5.32 Å². The maximum Gasteiger partial charge on any atom is 0.357 e. The lowest BCUT2D eigenvalue weighted by atomic mass is 10.2. The Morgan fingerprint density at radius 1 is 1.56 bits per heavy atom. The first-order chi connectivity index (χ1) is 8.56. The van der Waals surface area contributed by atoms with Crippen LogP contribution in [0.25, 0.3) is 0 Å². The molecule has 0 aliphatic rings. The molecule has 0 saturated heterocycles. The lowest BCUT2D eigenvalue weighted by molar-refractivity contribution is 0.0690. The summed E-state index contributed by atoms with van der Waals surface area (Å²) in [7, 11) is 0. The molecule has 0 unspecified atom stereocenters. The van der Waals surface area contributed by atoms with Crippen LogP contribution in [0.2, 0.25) is 5.02 Å². The van der Waals surface area contributed by atoms with Gasteiger partial charge in [-0.2, -0.15) is 0 Å². The molecule has 0 aliphatic carbocycles. The zero-order valence-corrected chi connectivity index (χ0v) is 10.4. The summed E-state index contributed by atoms with van der Waals surface area (Å²) in [5, 5.41) is 12.5. The number of nitrogens with zero attached hydrogens (tertiary/aromatic N) is 1. The second kappa shape index (κ2) is 5.10. The van der Waals surface area contributed by atoms with Gasteiger partial charge in [-0.05, 0) is 30.7 Å². The molecule has 0 aliphatic heterocycles. The minimum atomic E-state index is -1.10. The summed E-state index contributed by atoms with van der Waals surface area (Å²) in [6, 6.07) is 5.45. The number of rotatable bonds is 4. The summed E-state index contributed by atoms with van der Waals surface area (Å²) in [6.45, 7) is 2.24. The van der Waals surface area contributed by atoms with Crippen LogP contribution in [-0.4, -0.2) is 16.1 Å². The maximum atomic E-state index is 10.6. The minimum absolute atomic E-state index is 0.0976. The van der Waals surface area contributed by atoms with E-state index in [0.29, 0.717) is 17.5 Å². The molecule has 0 amide bonds. The SMILES string of the molecule is Cc1cc(Cl)ccc1NCc1nc(C(=O)O)co1. The summed E-state index contributed by atoms with van der Waals surface area (Å²) in [5.74, 6) is -0.783. The van der Waals surface area contributed by atoms with Gasteiger partial charge in [-0.25, -0.2) is 9.78 Å². The van der Waals surface area contributed by atoms with E-state index >= 15 is 0 Å². The van der Waals surface area contributed by atoms with E-state index in [2.05, 4.69) is 10.3 Å². The summed E-state index contributed by atoms with van der Waals surface area (Å²) in [6.07, 6.45) is 1.12. The highest BCUT2D eigenvalue weighted by Gasteiger charge is 2.10. The molecule has 2 rings (SSSR count). The van der Waals surface area contributed by atoms with E-state index in [1.807, 2.05) is 19.1 Å². The number of carboxylic acid groups (broad SMARTS) is 1. The Morgan fingerprint density at radius 2 is 2.33 bits per heavy atom. The van der Waals surface area contributed by atoms with Crippen molar-refractivity contribution in [2.45, 2.75) is 13.5 Å². The van der Waals surface area contributed by atoms with Crippen molar-refractivity contribution in [3.8, 4) is 0 Å². The third-order valence-electron chi connectivity index (χ3n) is 2.39. The number of aryl methyl sites for hydroxylation is 1. The highest BCUT2D eigenvalue weighted by molar-refractivity contribution is 6.30. The first-order valence-corrected chi connectivity index (χ1v) is 5.62. The van der Waals surface area contributed by atoms with Crippen molar-refractivity contribution < 1.29 is 14.3 Å². The molecule has 0 atom stereocenters. The molecule has 2 N–H and O–H groups in total. The number of hydrogen-bond acceptors (Lipinski definition) is 4. The number of nitrogens with one attached hydrogen (secondary N) is 1. The van der Waals surface area contributed by atoms with E-state index in [0.717, 1.165) is 17.5 Å². The normalized spacial score (nSPS) is 10.3. The van der Waals surface area contributed by atoms with Crippen LogP contribution >= 0.6 is 11.6 Å². The van der Waals surface area contributed by atoms with Crippen molar-refractivity contribution in [2.24, 2.45) is 0 Å². The van der Waals surface area contributed by atoms with E-state index in [1.165, 1.54) is 0 Å². The minimum Gasteiger partial charge on any atom is -0.476 e. The van der Waals surface area contributed by atoms with Gasteiger partial charge in [-0.15, -0.1) is 0 Å². The molecule has 5 nitrogen and oxygen atoms in total. The molecular weight excluding hydrogens is 256 g/mol. The van der Waals surface area contributed by atoms with Gasteiger partial charge in [0.2, 0.25) is 5.89 Å². The number of anilines is 1. The molecule has 1 aromatic carbocycles. The fourth-order valence-electron chi connectivity index (χ4n) is 1.49. The van der Waals surface area contributed by atoms with Crippen LogP contribution in [0.4, 0.5) is 5.69 Å². The first kappa shape index (κ1) is 12.4. The maximum absolute atomic E-state index is 10.6. The fourth-order valence-corrected chi connectivity index (χ4v) is 1.71. The lowest BCUT2D eigenvalue weighted by Gasteiger charge is -2.07. The van der Waals surface area contributed by atoms with Gasteiger partial charge in [0.1, 0.15) is 6.26 Å². The van der Waals surface area contributed by atoms with E-state index < -0.39 is 5.97 Å². The second-order valence-corrected chi connectivity index (χ2v) is 4.18. The highest BCUT2D eigenvalue weighted by Crippen LogP contribution is 2.20. The van der Waals surface area contributed by atoms with Gasteiger partial charge in [-0.1, -0.05) is 11.6 Å². The summed E-state index contributed by atoms with van der Waals surface area (Å²) >= 11 is 5.85. The topological polar surface area (TPSA) is 75.4 Å². The van der Waals surface area contributed by atoms with Crippen molar-refractivity contribution >= 4 is 23.3 Å². The molecule has 1 aromatic heterocycles. The molecule has 0 spiro atoms. The summed E-state index contributed by atoms with van der Waals surface area (Å²) < 4.78 is 5.03. The summed E-state index contributed by atoms with van der Waals surface area (Å²) in [5.41, 5.74) is 1.79. The molecule has 94 valence electrons. The highest BCUT2D eigenvalue weighted by atomic mass is 35.5. The van der Waals surface area contributed by atoms with Gasteiger partial charge in [0, 0.05) is 10.7 Å². The number of carbonyl (C=O) groups is 1. The quantitative estimate of drug-likeness (QED) is 0.890. The van der Waals surface area contributed by atoms with Crippen molar-refractivity contribution in [3.05, 3.63) is 46.6 Å². The third-order valence-corrected chi connectivity index (χ3v) is 2.62. The van der Waals surface area contributed by atoms with Gasteiger partial charge in [0.25, 0.3) is 0 Å². The smallest absolute Gasteiger partial charge is 0.357 e. The third kappa shape index (κ3) is 2.81. The zero-order valence-electron chi connectivity index (χ0n) is 9.61. The van der Waals surface area contributed by atoms with Gasteiger partial charge in [-0.3, -0.25) is 0 Å². The van der Waals surface area contributed by atoms with Gasteiger partial charge >= 0.3 is 5.97 Å². The summed E-state index contributed by atoms with van der Waals surface area (Å²) in [4.78, 5) is 14.4. The number of hydrogen-bond donors (Lipinski definition) is 2. The van der Waals surface area contributed by atoms with E-state index in [9.17, 15) is 4.79 Å². The number of carboxylic acids is 1. The second-order valence-electron chi connectivity index (χ2n) is 3.74. The van der Waals surface area contributed by atoms with Crippen molar-refractivity contribution in [1.82, 2.24) is 4.98 Å². The average Bonchev–Trinajstić information content (AvgIpc) is 2.76. The van der Waals surface area contributed by atoms with Crippen LogP contribution in [0.3, 0.4) is 0 Å². The van der Waals surface area contributed by atoms with Crippen molar-refractivity contribution in [1.29, 1.82) is 0 Å². The molecule has 6 heteroatoms. The van der Waals surface area contributed by atoms with Crippen LogP contribution < -0.4 is 5.32 Å². The predicted octanol–water partition coefficient (Wildman–Crippen LogP) is 2.95. The van der Waals surface area contributed by atoms with Gasteiger partial charge in [0.05, 0.1) is 6.54 Å². The van der Waals surface area contributed by atoms with E-state index in [-0.39, 0.29) is 5.69 Å². The number of oxazole rings is 1. The van der Waals surface area contributed by atoms with Gasteiger partial charge in [0.15, 0.2) is 5.69 Å².